The zero-order valence-corrected chi connectivity index (χ0v) is 12.0. The fourth-order valence-corrected chi connectivity index (χ4v) is 2.65. The summed E-state index contributed by atoms with van der Waals surface area (Å²) in [6.45, 7) is 5.32. The second-order valence-electron chi connectivity index (χ2n) is 5.34. The van der Waals surface area contributed by atoms with Crippen LogP contribution in [0.15, 0.2) is 0 Å². The summed E-state index contributed by atoms with van der Waals surface area (Å²) < 4.78 is 0. The molecule has 0 aromatic rings. The Bertz CT molecular complexity index is 245. The molecule has 1 rings (SSSR count). The summed E-state index contributed by atoms with van der Waals surface area (Å²) in [4.78, 5) is 16.3. The standard InChI is InChI=1S/C14H29N3O/c1-3-13-8-5-4-6-11-17(13)12-14(18)16(2)10-7-9-15/h13H,3-12,15H2,1-2H3. The largest absolute Gasteiger partial charge is 0.345 e. The van der Waals surface area contributed by atoms with Gasteiger partial charge in [0.05, 0.1) is 6.54 Å². The average molecular weight is 255 g/mol. The summed E-state index contributed by atoms with van der Waals surface area (Å²) in [6.07, 6.45) is 7.14. The lowest BCUT2D eigenvalue weighted by Crippen LogP contribution is -2.43. The smallest absolute Gasteiger partial charge is 0.236 e. The highest BCUT2D eigenvalue weighted by Gasteiger charge is 2.22. The van der Waals surface area contributed by atoms with E-state index in [1.54, 1.807) is 0 Å². The van der Waals surface area contributed by atoms with Gasteiger partial charge in [-0.15, -0.1) is 0 Å². The predicted octanol–water partition coefficient (Wildman–Crippen LogP) is 1.45. The number of rotatable bonds is 6. The summed E-state index contributed by atoms with van der Waals surface area (Å²) in [7, 11) is 1.89. The van der Waals surface area contributed by atoms with Gasteiger partial charge in [-0.05, 0) is 38.8 Å². The van der Waals surface area contributed by atoms with E-state index in [-0.39, 0.29) is 5.91 Å². The van der Waals surface area contributed by atoms with Gasteiger partial charge in [0.1, 0.15) is 0 Å². The molecule has 4 heteroatoms. The second-order valence-corrected chi connectivity index (χ2v) is 5.34. The van der Waals surface area contributed by atoms with E-state index in [9.17, 15) is 4.79 Å². The first kappa shape index (κ1) is 15.4. The van der Waals surface area contributed by atoms with E-state index >= 15 is 0 Å². The van der Waals surface area contributed by atoms with Crippen molar-refractivity contribution in [1.29, 1.82) is 0 Å². The van der Waals surface area contributed by atoms with E-state index in [4.69, 9.17) is 5.73 Å². The van der Waals surface area contributed by atoms with Gasteiger partial charge in [0.25, 0.3) is 0 Å². The summed E-state index contributed by atoms with van der Waals surface area (Å²) in [5.74, 6) is 0.240. The van der Waals surface area contributed by atoms with Crippen molar-refractivity contribution in [2.45, 2.75) is 51.5 Å². The van der Waals surface area contributed by atoms with Gasteiger partial charge in [0, 0.05) is 19.6 Å². The molecular formula is C14H29N3O. The second kappa shape index (κ2) is 8.48. The predicted molar refractivity (Wildman–Crippen MR) is 75.4 cm³/mol. The first-order valence-electron chi connectivity index (χ1n) is 7.37. The summed E-state index contributed by atoms with van der Waals surface area (Å²) in [6, 6.07) is 0.597. The van der Waals surface area contributed by atoms with Gasteiger partial charge < -0.3 is 10.6 Å². The van der Waals surface area contributed by atoms with E-state index in [1.165, 1.54) is 25.7 Å². The molecule has 2 N–H and O–H groups in total. The maximum atomic E-state index is 12.1. The highest BCUT2D eigenvalue weighted by atomic mass is 16.2. The van der Waals surface area contributed by atoms with Gasteiger partial charge in [-0.25, -0.2) is 0 Å². The van der Waals surface area contributed by atoms with Crippen molar-refractivity contribution < 1.29 is 4.79 Å². The number of hydrogen-bond acceptors (Lipinski definition) is 3. The molecule has 0 saturated carbocycles. The maximum absolute atomic E-state index is 12.1. The Balaban J connectivity index is 2.44. The summed E-state index contributed by atoms with van der Waals surface area (Å²) in [5.41, 5.74) is 5.48. The topological polar surface area (TPSA) is 49.6 Å². The van der Waals surface area contributed by atoms with Gasteiger partial charge in [-0.1, -0.05) is 19.8 Å². The van der Waals surface area contributed by atoms with Crippen LogP contribution >= 0.6 is 0 Å². The molecular weight excluding hydrogens is 226 g/mol. The fourth-order valence-electron chi connectivity index (χ4n) is 2.65. The van der Waals surface area contributed by atoms with E-state index in [0.717, 1.165) is 25.9 Å². The molecule has 0 aromatic carbocycles. The van der Waals surface area contributed by atoms with Gasteiger partial charge in [0.15, 0.2) is 0 Å². The van der Waals surface area contributed by atoms with Gasteiger partial charge in [0.2, 0.25) is 5.91 Å². The molecule has 1 saturated heterocycles. The first-order valence-corrected chi connectivity index (χ1v) is 7.37. The number of amides is 1. The Morgan fingerprint density at radius 1 is 1.39 bits per heavy atom. The third kappa shape index (κ3) is 4.94. The van der Waals surface area contributed by atoms with Crippen LogP contribution in [0.2, 0.25) is 0 Å². The molecule has 106 valence electrons. The molecule has 1 heterocycles. The minimum atomic E-state index is 0.240. The molecule has 1 atom stereocenters. The van der Waals surface area contributed by atoms with Crippen molar-refractivity contribution in [2.24, 2.45) is 5.73 Å². The Labute approximate surface area is 111 Å². The van der Waals surface area contributed by atoms with Crippen molar-refractivity contribution in [3.63, 3.8) is 0 Å². The van der Waals surface area contributed by atoms with Crippen molar-refractivity contribution in [3.8, 4) is 0 Å². The Morgan fingerprint density at radius 3 is 2.83 bits per heavy atom. The fraction of sp³-hybridized carbons (Fsp3) is 0.929. The van der Waals surface area contributed by atoms with Crippen LogP contribution in [0.5, 0.6) is 0 Å². The Morgan fingerprint density at radius 2 is 2.17 bits per heavy atom. The van der Waals surface area contributed by atoms with Crippen LogP contribution in [0.25, 0.3) is 0 Å². The molecule has 0 aliphatic carbocycles. The maximum Gasteiger partial charge on any atom is 0.236 e. The van der Waals surface area contributed by atoms with Crippen molar-refractivity contribution in [1.82, 2.24) is 9.80 Å². The van der Waals surface area contributed by atoms with E-state index in [0.29, 0.717) is 19.1 Å². The molecule has 0 radical (unpaired) electrons. The molecule has 1 fully saturated rings. The number of carbonyl (C=O) groups excluding carboxylic acids is 1. The number of nitrogens with zero attached hydrogens (tertiary/aromatic N) is 2. The van der Waals surface area contributed by atoms with Gasteiger partial charge in [-0.3, -0.25) is 9.69 Å². The van der Waals surface area contributed by atoms with Crippen molar-refractivity contribution in [3.05, 3.63) is 0 Å². The Hall–Kier alpha value is -0.610. The monoisotopic (exact) mass is 255 g/mol. The number of nitrogens with two attached hydrogens (primary N) is 1. The molecule has 1 unspecified atom stereocenters. The third-order valence-corrected chi connectivity index (χ3v) is 3.93. The van der Waals surface area contributed by atoms with Crippen LogP contribution in [0.1, 0.15) is 45.4 Å². The van der Waals surface area contributed by atoms with Crippen LogP contribution in [0.4, 0.5) is 0 Å². The molecule has 18 heavy (non-hydrogen) atoms. The summed E-state index contributed by atoms with van der Waals surface area (Å²) in [5, 5.41) is 0. The number of carbonyl (C=O) groups is 1. The third-order valence-electron chi connectivity index (χ3n) is 3.93. The molecule has 1 aliphatic rings. The first-order chi connectivity index (χ1) is 8.69. The van der Waals surface area contributed by atoms with Crippen LogP contribution in [0.3, 0.4) is 0 Å². The summed E-state index contributed by atoms with van der Waals surface area (Å²) >= 11 is 0. The number of likely N-dealkylation sites (tertiary alicyclic amines) is 1. The van der Waals surface area contributed by atoms with Crippen LogP contribution in [0, 0.1) is 0 Å². The molecule has 0 bridgehead atoms. The van der Waals surface area contributed by atoms with E-state index in [2.05, 4.69) is 11.8 Å². The average Bonchev–Trinajstić information content (AvgIpc) is 2.60. The van der Waals surface area contributed by atoms with E-state index in [1.807, 2.05) is 11.9 Å². The normalized spacial score (nSPS) is 21.6. The zero-order valence-electron chi connectivity index (χ0n) is 12.0. The van der Waals surface area contributed by atoms with Gasteiger partial charge >= 0.3 is 0 Å². The zero-order chi connectivity index (χ0) is 13.4. The Kier molecular flexibility index (Phi) is 7.28. The molecule has 1 aliphatic heterocycles. The lowest BCUT2D eigenvalue weighted by molar-refractivity contribution is -0.131. The number of hydrogen-bond donors (Lipinski definition) is 1. The molecule has 0 aromatic heterocycles. The van der Waals surface area contributed by atoms with Crippen molar-refractivity contribution in [2.75, 3.05) is 33.2 Å². The minimum Gasteiger partial charge on any atom is -0.345 e. The van der Waals surface area contributed by atoms with Crippen LogP contribution in [-0.2, 0) is 4.79 Å². The lowest BCUT2D eigenvalue weighted by atomic mass is 10.1. The lowest BCUT2D eigenvalue weighted by Gasteiger charge is -2.30. The highest BCUT2D eigenvalue weighted by Crippen LogP contribution is 2.18. The number of likely N-dealkylation sites (N-methyl/N-ethyl adjacent to an activating group) is 1. The SMILES string of the molecule is CCC1CCCCCN1CC(=O)N(C)CCCN. The molecule has 1 amide bonds. The van der Waals surface area contributed by atoms with Crippen LogP contribution < -0.4 is 5.73 Å². The van der Waals surface area contributed by atoms with Crippen molar-refractivity contribution >= 4 is 5.91 Å². The molecule has 4 nitrogen and oxygen atoms in total. The van der Waals surface area contributed by atoms with E-state index < -0.39 is 0 Å². The highest BCUT2D eigenvalue weighted by molar-refractivity contribution is 5.78. The minimum absolute atomic E-state index is 0.240. The van der Waals surface area contributed by atoms with Crippen LogP contribution in [-0.4, -0.2) is 55.0 Å². The van der Waals surface area contributed by atoms with Gasteiger partial charge in [-0.2, -0.15) is 0 Å². The quantitative estimate of drug-likeness (QED) is 0.781. The molecule has 0 spiro atoms.